The van der Waals surface area contributed by atoms with Gasteiger partial charge in [-0.25, -0.2) is 4.79 Å². The van der Waals surface area contributed by atoms with Crippen molar-refractivity contribution in [1.82, 2.24) is 0 Å². The Bertz CT molecular complexity index is 405. The minimum Gasteiger partial charge on any atom is -0.462 e. The van der Waals surface area contributed by atoms with Crippen molar-refractivity contribution in [2.45, 2.75) is 27.2 Å². The second-order valence-corrected chi connectivity index (χ2v) is 4.42. The SMILES string of the molecule is CCOC(=O)c1cc(NCC(C)CC)ccc1N. The molecule has 0 heterocycles. The van der Waals surface area contributed by atoms with Gasteiger partial charge in [-0.05, 0) is 31.0 Å². The molecule has 0 saturated heterocycles. The fourth-order valence-electron chi connectivity index (χ4n) is 1.49. The van der Waals surface area contributed by atoms with Gasteiger partial charge in [0.1, 0.15) is 0 Å². The Labute approximate surface area is 109 Å². The number of ether oxygens (including phenoxy) is 1. The van der Waals surface area contributed by atoms with E-state index in [0.29, 0.717) is 23.8 Å². The number of anilines is 2. The average Bonchev–Trinajstić information content (AvgIpc) is 2.37. The lowest BCUT2D eigenvalue weighted by molar-refractivity contribution is 0.0527. The highest BCUT2D eigenvalue weighted by atomic mass is 16.5. The molecule has 100 valence electrons. The molecule has 1 aromatic rings. The lowest BCUT2D eigenvalue weighted by Gasteiger charge is -2.13. The topological polar surface area (TPSA) is 64.3 Å². The van der Waals surface area contributed by atoms with Gasteiger partial charge >= 0.3 is 5.97 Å². The predicted molar refractivity (Wildman–Crippen MR) is 74.8 cm³/mol. The third-order valence-electron chi connectivity index (χ3n) is 2.90. The first-order valence-corrected chi connectivity index (χ1v) is 6.39. The van der Waals surface area contributed by atoms with Crippen LogP contribution in [0.4, 0.5) is 11.4 Å². The number of benzene rings is 1. The van der Waals surface area contributed by atoms with Gasteiger partial charge in [-0.1, -0.05) is 20.3 Å². The van der Waals surface area contributed by atoms with Crippen LogP contribution in [0.5, 0.6) is 0 Å². The Kier molecular flexibility index (Phi) is 5.49. The van der Waals surface area contributed by atoms with Crippen LogP contribution in [0.1, 0.15) is 37.6 Å². The quantitative estimate of drug-likeness (QED) is 0.602. The van der Waals surface area contributed by atoms with E-state index >= 15 is 0 Å². The van der Waals surface area contributed by atoms with E-state index in [-0.39, 0.29) is 5.97 Å². The largest absolute Gasteiger partial charge is 0.462 e. The van der Waals surface area contributed by atoms with Gasteiger partial charge in [0.15, 0.2) is 0 Å². The third kappa shape index (κ3) is 3.95. The first kappa shape index (κ1) is 14.4. The first-order chi connectivity index (χ1) is 8.58. The van der Waals surface area contributed by atoms with Crippen LogP contribution in [0.2, 0.25) is 0 Å². The van der Waals surface area contributed by atoms with Gasteiger partial charge in [-0.2, -0.15) is 0 Å². The first-order valence-electron chi connectivity index (χ1n) is 6.39. The van der Waals surface area contributed by atoms with Crippen molar-refractivity contribution in [3.05, 3.63) is 23.8 Å². The zero-order valence-corrected chi connectivity index (χ0v) is 11.3. The molecule has 0 spiro atoms. The molecule has 4 nitrogen and oxygen atoms in total. The molecule has 4 heteroatoms. The van der Waals surface area contributed by atoms with E-state index in [0.717, 1.165) is 18.7 Å². The predicted octanol–water partition coefficient (Wildman–Crippen LogP) is 2.90. The fraction of sp³-hybridized carbons (Fsp3) is 0.500. The minimum atomic E-state index is -0.373. The van der Waals surface area contributed by atoms with Crippen LogP contribution < -0.4 is 11.1 Å². The molecule has 0 aliphatic heterocycles. The van der Waals surface area contributed by atoms with Crippen molar-refractivity contribution >= 4 is 17.3 Å². The highest BCUT2D eigenvalue weighted by Gasteiger charge is 2.11. The summed E-state index contributed by atoms with van der Waals surface area (Å²) in [6.45, 7) is 7.33. The number of carbonyl (C=O) groups excluding carboxylic acids is 1. The van der Waals surface area contributed by atoms with Crippen LogP contribution in [0, 0.1) is 5.92 Å². The van der Waals surface area contributed by atoms with Crippen LogP contribution in [0.25, 0.3) is 0 Å². The van der Waals surface area contributed by atoms with Crippen molar-refractivity contribution in [1.29, 1.82) is 0 Å². The fourth-order valence-corrected chi connectivity index (χ4v) is 1.49. The van der Waals surface area contributed by atoms with E-state index < -0.39 is 0 Å². The van der Waals surface area contributed by atoms with Gasteiger partial charge in [-0.3, -0.25) is 0 Å². The summed E-state index contributed by atoms with van der Waals surface area (Å²) in [5, 5.41) is 3.30. The molecule has 1 rings (SSSR count). The molecular weight excluding hydrogens is 228 g/mol. The van der Waals surface area contributed by atoms with Crippen molar-refractivity contribution in [3.8, 4) is 0 Å². The molecule has 18 heavy (non-hydrogen) atoms. The van der Waals surface area contributed by atoms with Crippen LogP contribution in [-0.4, -0.2) is 19.1 Å². The number of nitrogens with two attached hydrogens (primary N) is 1. The summed E-state index contributed by atoms with van der Waals surface area (Å²) in [7, 11) is 0. The molecule has 0 amide bonds. The summed E-state index contributed by atoms with van der Waals surface area (Å²) in [6, 6.07) is 5.35. The van der Waals surface area contributed by atoms with E-state index in [1.54, 1.807) is 19.1 Å². The Hall–Kier alpha value is -1.71. The smallest absolute Gasteiger partial charge is 0.340 e. The minimum absolute atomic E-state index is 0.350. The van der Waals surface area contributed by atoms with Crippen molar-refractivity contribution in [3.63, 3.8) is 0 Å². The molecule has 0 fully saturated rings. The van der Waals surface area contributed by atoms with Gasteiger partial charge in [0, 0.05) is 17.9 Å². The maximum absolute atomic E-state index is 11.7. The zero-order valence-electron chi connectivity index (χ0n) is 11.3. The summed E-state index contributed by atoms with van der Waals surface area (Å²) in [5.41, 5.74) is 7.54. The number of nitrogens with one attached hydrogen (secondary N) is 1. The summed E-state index contributed by atoms with van der Waals surface area (Å²) in [6.07, 6.45) is 1.12. The normalized spacial score (nSPS) is 11.9. The number of rotatable bonds is 6. The van der Waals surface area contributed by atoms with E-state index in [2.05, 4.69) is 19.2 Å². The van der Waals surface area contributed by atoms with Gasteiger partial charge < -0.3 is 15.8 Å². The molecule has 0 bridgehead atoms. The summed E-state index contributed by atoms with van der Waals surface area (Å²) in [4.78, 5) is 11.7. The standard InChI is InChI=1S/C14H22N2O2/c1-4-10(3)9-16-11-6-7-13(15)12(8-11)14(17)18-5-2/h6-8,10,16H,4-5,9,15H2,1-3H3. The molecule has 0 radical (unpaired) electrons. The Morgan fingerprint density at radius 2 is 2.17 bits per heavy atom. The van der Waals surface area contributed by atoms with E-state index in [1.165, 1.54) is 0 Å². The average molecular weight is 250 g/mol. The molecule has 0 aliphatic rings. The summed E-state index contributed by atoms with van der Waals surface area (Å²) in [5.74, 6) is 0.218. The van der Waals surface area contributed by atoms with Crippen LogP contribution >= 0.6 is 0 Å². The molecule has 1 aromatic carbocycles. The van der Waals surface area contributed by atoms with E-state index in [4.69, 9.17) is 10.5 Å². The highest BCUT2D eigenvalue weighted by Crippen LogP contribution is 2.19. The number of nitrogen functional groups attached to an aromatic ring is 1. The van der Waals surface area contributed by atoms with Crippen molar-refractivity contribution in [2.24, 2.45) is 5.92 Å². The lowest BCUT2D eigenvalue weighted by atomic mass is 10.1. The number of esters is 1. The second kappa shape index (κ2) is 6.89. The Morgan fingerprint density at radius 1 is 1.44 bits per heavy atom. The second-order valence-electron chi connectivity index (χ2n) is 4.42. The maximum atomic E-state index is 11.7. The van der Waals surface area contributed by atoms with E-state index in [1.807, 2.05) is 6.07 Å². The van der Waals surface area contributed by atoms with Gasteiger partial charge in [-0.15, -0.1) is 0 Å². The monoisotopic (exact) mass is 250 g/mol. The Balaban J connectivity index is 2.77. The summed E-state index contributed by atoms with van der Waals surface area (Å²) < 4.78 is 4.96. The summed E-state index contributed by atoms with van der Waals surface area (Å²) >= 11 is 0. The van der Waals surface area contributed by atoms with Crippen LogP contribution in [-0.2, 0) is 4.74 Å². The lowest BCUT2D eigenvalue weighted by Crippen LogP contribution is -2.12. The van der Waals surface area contributed by atoms with Crippen LogP contribution in [0.15, 0.2) is 18.2 Å². The molecule has 0 saturated carbocycles. The van der Waals surface area contributed by atoms with Crippen LogP contribution in [0.3, 0.4) is 0 Å². The van der Waals surface area contributed by atoms with E-state index in [9.17, 15) is 4.79 Å². The highest BCUT2D eigenvalue weighted by molar-refractivity contribution is 5.96. The Morgan fingerprint density at radius 3 is 2.78 bits per heavy atom. The maximum Gasteiger partial charge on any atom is 0.340 e. The number of hydrogen-bond donors (Lipinski definition) is 2. The molecule has 3 N–H and O–H groups in total. The van der Waals surface area contributed by atoms with Crippen molar-refractivity contribution in [2.75, 3.05) is 24.2 Å². The zero-order chi connectivity index (χ0) is 13.5. The van der Waals surface area contributed by atoms with Gasteiger partial charge in [0.05, 0.1) is 12.2 Å². The number of carbonyl (C=O) groups is 1. The number of hydrogen-bond acceptors (Lipinski definition) is 4. The molecule has 1 unspecified atom stereocenters. The van der Waals surface area contributed by atoms with Gasteiger partial charge in [0.25, 0.3) is 0 Å². The van der Waals surface area contributed by atoms with Gasteiger partial charge in [0.2, 0.25) is 0 Å². The third-order valence-corrected chi connectivity index (χ3v) is 2.90. The molecule has 1 atom stereocenters. The molecular formula is C14H22N2O2. The van der Waals surface area contributed by atoms with Crippen molar-refractivity contribution < 1.29 is 9.53 Å². The molecule has 0 aliphatic carbocycles. The molecule has 0 aromatic heterocycles.